The van der Waals surface area contributed by atoms with Crippen molar-refractivity contribution in [3.63, 3.8) is 0 Å². The molecule has 1 aliphatic rings. The Bertz CT molecular complexity index is 965. The number of anilines is 1. The maximum atomic E-state index is 12.7. The predicted octanol–water partition coefficient (Wildman–Crippen LogP) is 3.82. The van der Waals surface area contributed by atoms with Gasteiger partial charge in [0.05, 0.1) is 6.54 Å². The number of rotatable bonds is 3. The first kappa shape index (κ1) is 17.3. The van der Waals surface area contributed by atoms with Crippen molar-refractivity contribution in [2.45, 2.75) is 25.1 Å². The lowest BCUT2D eigenvalue weighted by Crippen LogP contribution is -2.23. The monoisotopic (exact) mass is 372 g/mol. The first-order valence-corrected chi connectivity index (χ1v) is 8.34. The number of pyridine rings is 1. The fourth-order valence-electron chi connectivity index (χ4n) is 3.20. The first-order valence-electron chi connectivity index (χ1n) is 8.34. The van der Waals surface area contributed by atoms with Gasteiger partial charge < -0.3 is 5.32 Å². The number of nitrogens with zero attached hydrogens (tertiary/aromatic N) is 3. The number of alkyl halides is 3. The van der Waals surface area contributed by atoms with Crippen LogP contribution in [-0.4, -0.2) is 20.7 Å². The van der Waals surface area contributed by atoms with E-state index in [1.54, 1.807) is 4.68 Å². The molecule has 0 saturated heterocycles. The summed E-state index contributed by atoms with van der Waals surface area (Å²) in [7, 11) is 0. The average molecular weight is 372 g/mol. The number of fused-ring (bicyclic) bond motifs is 1. The van der Waals surface area contributed by atoms with Gasteiger partial charge in [-0.25, -0.2) is 0 Å². The van der Waals surface area contributed by atoms with Gasteiger partial charge in [-0.05, 0) is 17.2 Å². The summed E-state index contributed by atoms with van der Waals surface area (Å²) in [6, 6.07) is 12.0. The lowest BCUT2D eigenvalue weighted by molar-refractivity contribution is -0.141. The van der Waals surface area contributed by atoms with Gasteiger partial charge in [0, 0.05) is 30.3 Å². The Labute approximate surface area is 152 Å². The van der Waals surface area contributed by atoms with Crippen LogP contribution in [0.25, 0.3) is 0 Å². The Morgan fingerprint density at radius 2 is 1.93 bits per heavy atom. The highest BCUT2D eigenvalue weighted by Gasteiger charge is 2.34. The van der Waals surface area contributed by atoms with E-state index < -0.39 is 11.9 Å². The summed E-state index contributed by atoms with van der Waals surface area (Å²) in [5.74, 6) is -0.169. The molecule has 0 bridgehead atoms. The highest BCUT2D eigenvalue weighted by atomic mass is 19.4. The van der Waals surface area contributed by atoms with Crippen LogP contribution in [0.1, 0.15) is 34.7 Å². The van der Waals surface area contributed by atoms with Gasteiger partial charge >= 0.3 is 6.18 Å². The normalized spacial score (nSPS) is 16.7. The molecule has 1 N–H and O–H groups in total. The van der Waals surface area contributed by atoms with Crippen LogP contribution < -0.4 is 5.32 Å². The van der Waals surface area contributed by atoms with Gasteiger partial charge in [-0.15, -0.1) is 0 Å². The second-order valence-corrected chi connectivity index (χ2v) is 6.40. The highest BCUT2D eigenvalue weighted by molar-refractivity contribution is 5.94. The quantitative estimate of drug-likeness (QED) is 0.760. The SMILES string of the molecule is O=C1CC(c2ccc(C(F)(F)F)nc2)c2cn(Cc3ccccc3)nc2N1. The van der Waals surface area contributed by atoms with Gasteiger partial charge in [0.15, 0.2) is 5.82 Å². The van der Waals surface area contributed by atoms with Gasteiger partial charge in [0.1, 0.15) is 5.69 Å². The molecule has 0 radical (unpaired) electrons. The standard InChI is InChI=1S/C19H15F3N4O/c20-19(21,22)16-7-6-13(9-23-16)14-8-17(27)24-18-15(14)11-26(25-18)10-12-4-2-1-3-5-12/h1-7,9,11,14H,8,10H2,(H,24,25,27). The number of nitrogens with one attached hydrogen (secondary N) is 1. The molecule has 2 aromatic heterocycles. The molecule has 138 valence electrons. The molecule has 0 saturated carbocycles. The van der Waals surface area contributed by atoms with Crippen molar-refractivity contribution < 1.29 is 18.0 Å². The molecule has 5 nitrogen and oxygen atoms in total. The van der Waals surface area contributed by atoms with Crippen molar-refractivity contribution in [2.24, 2.45) is 0 Å². The number of carbonyl (C=O) groups excluding carboxylic acids is 1. The van der Waals surface area contributed by atoms with Gasteiger partial charge in [-0.3, -0.25) is 14.5 Å². The first-order chi connectivity index (χ1) is 12.9. The summed E-state index contributed by atoms with van der Waals surface area (Å²) in [5, 5.41) is 7.14. The van der Waals surface area contributed by atoms with E-state index in [0.717, 1.165) is 17.2 Å². The predicted molar refractivity (Wildman–Crippen MR) is 92.1 cm³/mol. The Balaban J connectivity index is 1.65. The summed E-state index contributed by atoms with van der Waals surface area (Å²) in [6.07, 6.45) is -1.35. The zero-order chi connectivity index (χ0) is 19.0. The molecule has 8 heteroatoms. The minimum Gasteiger partial charge on any atom is -0.309 e. The Morgan fingerprint density at radius 3 is 2.59 bits per heavy atom. The zero-order valence-corrected chi connectivity index (χ0v) is 14.1. The van der Waals surface area contributed by atoms with Crippen molar-refractivity contribution in [3.8, 4) is 0 Å². The number of amides is 1. The second-order valence-electron chi connectivity index (χ2n) is 6.40. The van der Waals surface area contributed by atoms with E-state index in [4.69, 9.17) is 0 Å². The van der Waals surface area contributed by atoms with E-state index >= 15 is 0 Å². The zero-order valence-electron chi connectivity index (χ0n) is 14.1. The van der Waals surface area contributed by atoms with Crippen LogP contribution in [0.15, 0.2) is 54.9 Å². The average Bonchev–Trinajstić information content (AvgIpc) is 3.03. The van der Waals surface area contributed by atoms with E-state index in [2.05, 4.69) is 15.4 Å². The molecule has 4 rings (SSSR count). The molecule has 3 aromatic rings. The van der Waals surface area contributed by atoms with E-state index in [1.165, 1.54) is 12.3 Å². The summed E-state index contributed by atoms with van der Waals surface area (Å²) in [5.41, 5.74) is 1.42. The number of halogens is 3. The molecule has 0 aliphatic carbocycles. The van der Waals surface area contributed by atoms with Gasteiger partial charge in [-0.1, -0.05) is 36.4 Å². The number of benzene rings is 1. The molecule has 1 unspecified atom stereocenters. The van der Waals surface area contributed by atoms with Crippen molar-refractivity contribution in [1.29, 1.82) is 0 Å². The molecular weight excluding hydrogens is 357 g/mol. The molecule has 1 atom stereocenters. The topological polar surface area (TPSA) is 59.8 Å². The van der Waals surface area contributed by atoms with Gasteiger partial charge in [0.25, 0.3) is 0 Å². The molecular formula is C19H15F3N4O. The van der Waals surface area contributed by atoms with Crippen LogP contribution in [0.4, 0.5) is 19.0 Å². The smallest absolute Gasteiger partial charge is 0.309 e. The Morgan fingerprint density at radius 1 is 1.15 bits per heavy atom. The van der Waals surface area contributed by atoms with Crippen LogP contribution in [0.3, 0.4) is 0 Å². The Hall–Kier alpha value is -3.16. The van der Waals surface area contributed by atoms with Crippen molar-refractivity contribution >= 4 is 11.7 Å². The third kappa shape index (κ3) is 3.55. The van der Waals surface area contributed by atoms with Crippen LogP contribution in [-0.2, 0) is 17.5 Å². The number of aromatic nitrogens is 3. The summed E-state index contributed by atoms with van der Waals surface area (Å²) in [6.45, 7) is 0.529. The molecule has 3 heterocycles. The molecule has 0 spiro atoms. The van der Waals surface area contributed by atoms with Gasteiger partial charge in [0.2, 0.25) is 5.91 Å². The van der Waals surface area contributed by atoms with E-state index in [-0.39, 0.29) is 18.2 Å². The molecule has 1 amide bonds. The van der Waals surface area contributed by atoms with Gasteiger partial charge in [-0.2, -0.15) is 18.3 Å². The molecule has 1 aromatic carbocycles. The van der Waals surface area contributed by atoms with E-state index in [0.29, 0.717) is 17.9 Å². The lowest BCUT2D eigenvalue weighted by atomic mass is 9.88. The summed E-state index contributed by atoms with van der Waals surface area (Å²) < 4.78 is 39.9. The van der Waals surface area contributed by atoms with Crippen LogP contribution >= 0.6 is 0 Å². The lowest BCUT2D eigenvalue weighted by Gasteiger charge is -2.21. The molecule has 0 fully saturated rings. The summed E-state index contributed by atoms with van der Waals surface area (Å²) >= 11 is 0. The number of hydrogen-bond acceptors (Lipinski definition) is 3. The van der Waals surface area contributed by atoms with Crippen LogP contribution in [0, 0.1) is 0 Å². The van der Waals surface area contributed by atoms with Crippen LogP contribution in [0.5, 0.6) is 0 Å². The minimum absolute atomic E-state index is 0.136. The second kappa shape index (κ2) is 6.53. The van der Waals surface area contributed by atoms with Crippen molar-refractivity contribution in [3.05, 3.63) is 77.2 Å². The van der Waals surface area contributed by atoms with Crippen LogP contribution in [0.2, 0.25) is 0 Å². The summed E-state index contributed by atoms with van der Waals surface area (Å²) in [4.78, 5) is 15.6. The van der Waals surface area contributed by atoms with E-state index in [9.17, 15) is 18.0 Å². The number of carbonyl (C=O) groups is 1. The van der Waals surface area contributed by atoms with Crippen molar-refractivity contribution in [2.75, 3.05) is 5.32 Å². The fraction of sp³-hybridized carbons (Fsp3) is 0.211. The third-order valence-electron chi connectivity index (χ3n) is 4.48. The minimum atomic E-state index is -4.49. The fourth-order valence-corrected chi connectivity index (χ4v) is 3.20. The molecule has 1 aliphatic heterocycles. The third-order valence-corrected chi connectivity index (χ3v) is 4.48. The highest BCUT2D eigenvalue weighted by Crippen LogP contribution is 2.37. The van der Waals surface area contributed by atoms with E-state index in [1.807, 2.05) is 36.5 Å². The van der Waals surface area contributed by atoms with Crippen molar-refractivity contribution in [1.82, 2.24) is 14.8 Å². The Kier molecular flexibility index (Phi) is 4.18. The largest absolute Gasteiger partial charge is 0.433 e. The number of hydrogen-bond donors (Lipinski definition) is 1. The maximum Gasteiger partial charge on any atom is 0.433 e. The molecule has 27 heavy (non-hydrogen) atoms. The maximum absolute atomic E-state index is 12.7.